The minimum atomic E-state index is -0.870. The topological polar surface area (TPSA) is 130 Å². The lowest BCUT2D eigenvalue weighted by molar-refractivity contribution is 0.0499. The van der Waals surface area contributed by atoms with Gasteiger partial charge in [-0.2, -0.15) is 0 Å². The van der Waals surface area contributed by atoms with Gasteiger partial charge < -0.3 is 25.4 Å². The number of phenolic OH excluding ortho intramolecular Hbond substituents is 1. The molecule has 1 aliphatic rings. The van der Waals surface area contributed by atoms with Crippen LogP contribution in [0, 0.1) is 5.82 Å². The summed E-state index contributed by atoms with van der Waals surface area (Å²) in [6.45, 7) is 8.31. The second-order valence-corrected chi connectivity index (χ2v) is 11.8. The highest BCUT2D eigenvalue weighted by atomic mass is 35.5. The number of carbonyl (C=O) groups is 2. The highest BCUT2D eigenvalue weighted by Gasteiger charge is 2.25. The van der Waals surface area contributed by atoms with E-state index in [2.05, 4.69) is 30.5 Å². The van der Waals surface area contributed by atoms with Crippen LogP contribution >= 0.6 is 11.6 Å². The van der Waals surface area contributed by atoms with Gasteiger partial charge >= 0.3 is 6.09 Å². The second-order valence-electron chi connectivity index (χ2n) is 11.4. The Hall–Kier alpha value is -4.51. The molecule has 1 unspecified atom stereocenters. The first-order valence-corrected chi connectivity index (χ1v) is 14.2. The molecule has 3 aromatic heterocycles. The number of benzene rings is 1. The van der Waals surface area contributed by atoms with Crippen LogP contribution in [-0.4, -0.2) is 56.7 Å². The molecule has 224 valence electrons. The van der Waals surface area contributed by atoms with Gasteiger partial charge in [0.15, 0.2) is 17.3 Å². The maximum Gasteiger partial charge on any atom is 0.407 e. The largest absolute Gasteiger partial charge is 0.504 e. The number of amides is 1. The zero-order valence-electron chi connectivity index (χ0n) is 24.2. The van der Waals surface area contributed by atoms with Crippen LogP contribution in [-0.2, 0) is 4.74 Å². The van der Waals surface area contributed by atoms with Crippen molar-refractivity contribution in [3.8, 4) is 17.0 Å². The van der Waals surface area contributed by atoms with Crippen molar-refractivity contribution in [1.82, 2.24) is 20.3 Å². The number of ether oxygens (including phenoxy) is 1. The molecule has 0 spiro atoms. The predicted octanol–water partition coefficient (Wildman–Crippen LogP) is 6.63. The van der Waals surface area contributed by atoms with Crippen LogP contribution in [0.15, 0.2) is 48.8 Å². The SMILES string of the molecule is CC(=O)c1cnc2ccc(-c3cc(F)c(O)c(Cl)c3)nc2c1Nc1ccc(N2CCCC(NC(=O)OC(C)(C)C)C2)nc1. The lowest BCUT2D eigenvalue weighted by atomic mass is 10.1. The van der Waals surface area contributed by atoms with E-state index in [1.807, 2.05) is 32.9 Å². The number of piperidine rings is 1. The Morgan fingerprint density at radius 2 is 1.93 bits per heavy atom. The zero-order valence-corrected chi connectivity index (χ0v) is 25.0. The van der Waals surface area contributed by atoms with E-state index in [1.165, 1.54) is 19.2 Å². The van der Waals surface area contributed by atoms with Gasteiger partial charge in [0.2, 0.25) is 0 Å². The number of hydrogen-bond acceptors (Lipinski definition) is 9. The number of alkyl carbamates (subject to hydrolysis) is 1. The fraction of sp³-hybridized carbons (Fsp3) is 0.323. The summed E-state index contributed by atoms with van der Waals surface area (Å²) < 4.78 is 19.6. The molecule has 4 heterocycles. The summed E-state index contributed by atoms with van der Waals surface area (Å²) in [4.78, 5) is 40.6. The number of carbonyl (C=O) groups excluding carboxylic acids is 2. The molecule has 43 heavy (non-hydrogen) atoms. The monoisotopic (exact) mass is 606 g/mol. The van der Waals surface area contributed by atoms with Crippen LogP contribution in [0.25, 0.3) is 22.3 Å². The van der Waals surface area contributed by atoms with Gasteiger partial charge in [-0.3, -0.25) is 9.78 Å². The van der Waals surface area contributed by atoms with Crippen molar-refractivity contribution in [2.45, 2.75) is 52.2 Å². The molecule has 0 saturated carbocycles. The Labute approximate surface area is 253 Å². The van der Waals surface area contributed by atoms with Gasteiger partial charge in [-0.1, -0.05) is 11.6 Å². The van der Waals surface area contributed by atoms with Crippen LogP contribution in [0.5, 0.6) is 5.75 Å². The average molecular weight is 607 g/mol. The predicted molar refractivity (Wildman–Crippen MR) is 164 cm³/mol. The highest BCUT2D eigenvalue weighted by Crippen LogP contribution is 2.34. The first-order chi connectivity index (χ1) is 20.4. The number of anilines is 3. The Morgan fingerprint density at radius 3 is 2.60 bits per heavy atom. The number of nitrogens with one attached hydrogen (secondary N) is 2. The Kier molecular flexibility index (Phi) is 8.36. The average Bonchev–Trinajstić information content (AvgIpc) is 2.95. The van der Waals surface area contributed by atoms with E-state index in [9.17, 15) is 19.1 Å². The third kappa shape index (κ3) is 6.94. The first-order valence-electron chi connectivity index (χ1n) is 13.8. The van der Waals surface area contributed by atoms with Crippen molar-refractivity contribution >= 4 is 51.7 Å². The standard InChI is InChI=1S/C31H32ClFN6O4/c1-17(40)21-15-34-25-9-8-24(18-12-22(32)29(41)23(33)13-18)38-28(25)27(21)36-19-7-10-26(35-14-19)39-11-5-6-20(16-39)37-30(42)43-31(2,3)4/h7-10,12-15,20,41H,5-6,11,16H2,1-4H3,(H,34,36)(H,37,42). The van der Waals surface area contributed by atoms with E-state index in [0.717, 1.165) is 31.3 Å². The van der Waals surface area contributed by atoms with Gasteiger partial charge in [-0.25, -0.2) is 19.2 Å². The summed E-state index contributed by atoms with van der Waals surface area (Å²) in [5, 5.41) is 15.8. The first kappa shape index (κ1) is 30.0. The normalized spacial score (nSPS) is 15.3. The molecule has 1 amide bonds. The third-order valence-corrected chi connectivity index (χ3v) is 7.18. The van der Waals surface area contributed by atoms with E-state index in [-0.39, 0.29) is 16.8 Å². The third-order valence-electron chi connectivity index (χ3n) is 6.89. The van der Waals surface area contributed by atoms with Crippen molar-refractivity contribution in [1.29, 1.82) is 0 Å². The lowest BCUT2D eigenvalue weighted by Gasteiger charge is -2.34. The van der Waals surface area contributed by atoms with E-state index < -0.39 is 23.3 Å². The molecule has 3 N–H and O–H groups in total. The van der Waals surface area contributed by atoms with Gasteiger partial charge in [-0.05, 0) is 76.9 Å². The molecule has 1 fully saturated rings. The number of fused-ring (bicyclic) bond motifs is 1. The summed E-state index contributed by atoms with van der Waals surface area (Å²) >= 11 is 5.99. The molecule has 5 rings (SSSR count). The van der Waals surface area contributed by atoms with Crippen LogP contribution in [0.2, 0.25) is 5.02 Å². The van der Waals surface area contributed by atoms with Crippen LogP contribution in [0.3, 0.4) is 0 Å². The van der Waals surface area contributed by atoms with Crippen LogP contribution in [0.1, 0.15) is 50.9 Å². The van der Waals surface area contributed by atoms with E-state index in [4.69, 9.17) is 16.3 Å². The maximum absolute atomic E-state index is 14.2. The summed E-state index contributed by atoms with van der Waals surface area (Å²) in [5.41, 5.74) is 2.45. The Bertz CT molecular complexity index is 1670. The van der Waals surface area contributed by atoms with Crippen molar-refractivity contribution in [3.05, 3.63) is 65.2 Å². The number of ketones is 1. The number of hydrogen-bond donors (Lipinski definition) is 3. The number of halogens is 2. The van der Waals surface area contributed by atoms with Crippen molar-refractivity contribution in [2.24, 2.45) is 0 Å². The number of nitrogens with zero attached hydrogens (tertiary/aromatic N) is 4. The second kappa shape index (κ2) is 12.0. The van der Waals surface area contributed by atoms with Crippen molar-refractivity contribution in [3.63, 3.8) is 0 Å². The fourth-order valence-corrected chi connectivity index (χ4v) is 5.11. The van der Waals surface area contributed by atoms with Crippen molar-refractivity contribution < 1.29 is 23.8 Å². The van der Waals surface area contributed by atoms with Gasteiger partial charge in [0.1, 0.15) is 16.9 Å². The van der Waals surface area contributed by atoms with E-state index in [0.29, 0.717) is 45.8 Å². The molecule has 12 heteroatoms. The molecule has 1 saturated heterocycles. The molecule has 4 aromatic rings. The van der Waals surface area contributed by atoms with Crippen molar-refractivity contribution in [2.75, 3.05) is 23.3 Å². The maximum atomic E-state index is 14.2. The number of pyridine rings is 3. The van der Waals surface area contributed by atoms with E-state index in [1.54, 1.807) is 18.3 Å². The van der Waals surface area contributed by atoms with E-state index >= 15 is 0 Å². The summed E-state index contributed by atoms with van der Waals surface area (Å²) in [6.07, 6.45) is 4.44. The molecule has 1 aromatic carbocycles. The number of aromatic nitrogens is 3. The smallest absolute Gasteiger partial charge is 0.407 e. The molecule has 0 radical (unpaired) electrons. The van der Waals surface area contributed by atoms with Crippen LogP contribution < -0.4 is 15.5 Å². The van der Waals surface area contributed by atoms with Gasteiger partial charge in [0.25, 0.3) is 0 Å². The summed E-state index contributed by atoms with van der Waals surface area (Å²) in [7, 11) is 0. The number of Topliss-reactive ketones (excluding diaryl/α,β-unsaturated/α-hetero) is 1. The summed E-state index contributed by atoms with van der Waals surface area (Å²) in [5.74, 6) is -0.974. The molecular formula is C31H32ClFN6O4. The molecule has 0 aliphatic carbocycles. The van der Waals surface area contributed by atoms with Gasteiger partial charge in [0.05, 0.1) is 39.4 Å². The summed E-state index contributed by atoms with van der Waals surface area (Å²) in [6, 6.07) is 9.58. The fourth-order valence-electron chi connectivity index (χ4n) is 4.90. The van der Waals surface area contributed by atoms with Crippen LogP contribution in [0.4, 0.5) is 26.4 Å². The molecular weight excluding hydrogens is 575 g/mol. The Morgan fingerprint density at radius 1 is 1.14 bits per heavy atom. The lowest BCUT2D eigenvalue weighted by Crippen LogP contribution is -2.49. The quantitative estimate of drug-likeness (QED) is 0.207. The Balaban J connectivity index is 1.40. The molecule has 1 aliphatic heterocycles. The highest BCUT2D eigenvalue weighted by molar-refractivity contribution is 6.32. The van der Waals surface area contributed by atoms with Gasteiger partial charge in [0, 0.05) is 30.9 Å². The molecule has 1 atom stereocenters. The minimum absolute atomic E-state index is 0.0679. The number of aromatic hydroxyl groups is 1. The zero-order chi connectivity index (χ0) is 30.9. The molecule has 10 nitrogen and oxygen atoms in total. The molecule has 0 bridgehead atoms. The number of phenols is 1. The number of rotatable bonds is 6. The van der Waals surface area contributed by atoms with Gasteiger partial charge in [-0.15, -0.1) is 0 Å². The minimum Gasteiger partial charge on any atom is -0.504 e.